The highest BCUT2D eigenvalue weighted by Gasteiger charge is 2.28. The van der Waals surface area contributed by atoms with Gasteiger partial charge in [0.1, 0.15) is 18.1 Å². The number of aromatic nitrogens is 2. The Bertz CT molecular complexity index is 683. The minimum Gasteiger partial charge on any atom is -0.497 e. The summed E-state index contributed by atoms with van der Waals surface area (Å²) in [6.45, 7) is 1.51. The van der Waals surface area contributed by atoms with Crippen molar-refractivity contribution >= 4 is 5.82 Å². The predicted molar refractivity (Wildman–Crippen MR) is 80.6 cm³/mol. The first-order chi connectivity index (χ1) is 11.2. The zero-order valence-corrected chi connectivity index (χ0v) is 12.7. The van der Waals surface area contributed by atoms with E-state index in [1.165, 1.54) is 6.20 Å². The number of fused-ring (bicyclic) bond motifs is 1. The zero-order chi connectivity index (χ0) is 16.2. The summed E-state index contributed by atoms with van der Waals surface area (Å²) < 4.78 is 18.1. The Morgan fingerprint density at radius 1 is 1.43 bits per heavy atom. The van der Waals surface area contributed by atoms with Gasteiger partial charge in [0.15, 0.2) is 0 Å². The number of methoxy groups -OCH3 is 1. The van der Waals surface area contributed by atoms with Crippen LogP contribution in [0.3, 0.4) is 0 Å². The lowest BCUT2D eigenvalue weighted by atomic mass is 10.2. The molecule has 2 aromatic rings. The Hall–Kier alpha value is -2.61. The lowest BCUT2D eigenvalue weighted by molar-refractivity contribution is -0.389. The number of aryl methyl sites for hydroxylation is 1. The van der Waals surface area contributed by atoms with Crippen molar-refractivity contribution in [1.29, 1.82) is 0 Å². The van der Waals surface area contributed by atoms with Gasteiger partial charge in [0, 0.05) is 17.9 Å². The van der Waals surface area contributed by atoms with E-state index in [2.05, 4.69) is 4.98 Å². The molecule has 0 aliphatic carbocycles. The van der Waals surface area contributed by atoms with Crippen LogP contribution >= 0.6 is 0 Å². The summed E-state index contributed by atoms with van der Waals surface area (Å²) in [5, 5.41) is 10.7. The average molecular weight is 319 g/mol. The Labute approximate surface area is 132 Å². The van der Waals surface area contributed by atoms with Crippen LogP contribution in [0, 0.1) is 10.1 Å². The van der Waals surface area contributed by atoms with E-state index in [1.54, 1.807) is 11.7 Å². The van der Waals surface area contributed by atoms with Crippen molar-refractivity contribution in [2.24, 2.45) is 0 Å². The molecule has 0 bridgehead atoms. The molecule has 122 valence electrons. The van der Waals surface area contributed by atoms with Gasteiger partial charge in [-0.25, -0.2) is 0 Å². The van der Waals surface area contributed by atoms with E-state index < -0.39 is 4.92 Å². The third kappa shape index (κ3) is 3.59. The van der Waals surface area contributed by atoms with E-state index in [1.807, 2.05) is 24.3 Å². The number of nitro groups is 1. The fourth-order valence-corrected chi connectivity index (χ4v) is 2.37. The molecule has 3 rings (SSSR count). The highest BCUT2D eigenvalue weighted by Crippen LogP contribution is 2.24. The molecule has 8 heteroatoms. The highest BCUT2D eigenvalue weighted by molar-refractivity contribution is 5.26. The van der Waals surface area contributed by atoms with Gasteiger partial charge in [-0.1, -0.05) is 12.1 Å². The summed E-state index contributed by atoms with van der Waals surface area (Å²) in [5.74, 6) is 0.609. The molecule has 0 radical (unpaired) electrons. The number of hydrogen-bond acceptors (Lipinski definition) is 6. The van der Waals surface area contributed by atoms with Gasteiger partial charge in [-0.3, -0.25) is 4.57 Å². The molecule has 1 unspecified atom stereocenters. The van der Waals surface area contributed by atoms with Crippen molar-refractivity contribution < 1.29 is 19.1 Å². The van der Waals surface area contributed by atoms with Gasteiger partial charge in [0.2, 0.25) is 0 Å². The predicted octanol–water partition coefficient (Wildman–Crippen LogP) is 2.17. The molecule has 0 saturated carbocycles. The third-order valence-corrected chi connectivity index (χ3v) is 3.61. The van der Waals surface area contributed by atoms with Gasteiger partial charge in [0.05, 0.1) is 20.3 Å². The van der Waals surface area contributed by atoms with Gasteiger partial charge in [-0.15, -0.1) is 0 Å². The van der Waals surface area contributed by atoms with E-state index >= 15 is 0 Å². The number of ether oxygens (including phenoxy) is 3. The van der Waals surface area contributed by atoms with Crippen LogP contribution in [0.25, 0.3) is 0 Å². The van der Waals surface area contributed by atoms with Crippen LogP contribution in [0.1, 0.15) is 12.0 Å². The minimum absolute atomic E-state index is 0.150. The molecular weight excluding hydrogens is 302 g/mol. The molecule has 0 spiro atoms. The van der Waals surface area contributed by atoms with E-state index in [0.717, 1.165) is 17.7 Å². The first-order valence-corrected chi connectivity index (χ1v) is 7.24. The first kappa shape index (κ1) is 15.3. The van der Waals surface area contributed by atoms with Crippen LogP contribution in [0.15, 0.2) is 30.5 Å². The van der Waals surface area contributed by atoms with Crippen LogP contribution in [-0.4, -0.2) is 34.3 Å². The normalized spacial score (nSPS) is 16.5. The molecule has 0 saturated heterocycles. The molecule has 2 heterocycles. The standard InChI is InChI=1S/C15H17N3O5/c1-21-12-4-2-11(3-5-12)9-22-10-13-6-7-17-8-14(18(19)20)16-15(17)23-13/h2-5,8,13H,6-7,9-10H2,1H3. The van der Waals surface area contributed by atoms with Crippen molar-refractivity contribution in [2.45, 2.75) is 25.7 Å². The number of hydrogen-bond donors (Lipinski definition) is 0. The molecule has 0 fully saturated rings. The van der Waals surface area contributed by atoms with E-state index in [0.29, 0.717) is 19.8 Å². The molecule has 1 aliphatic rings. The van der Waals surface area contributed by atoms with Gasteiger partial charge < -0.3 is 24.3 Å². The molecule has 0 N–H and O–H groups in total. The van der Waals surface area contributed by atoms with E-state index in [-0.39, 0.29) is 17.9 Å². The smallest absolute Gasteiger partial charge is 0.414 e. The van der Waals surface area contributed by atoms with Gasteiger partial charge >= 0.3 is 11.8 Å². The van der Waals surface area contributed by atoms with E-state index in [9.17, 15) is 10.1 Å². The zero-order valence-electron chi connectivity index (χ0n) is 12.7. The summed E-state index contributed by atoms with van der Waals surface area (Å²) >= 11 is 0. The van der Waals surface area contributed by atoms with Crippen molar-refractivity contribution in [1.82, 2.24) is 9.55 Å². The molecular formula is C15H17N3O5. The van der Waals surface area contributed by atoms with Gasteiger partial charge in [0.25, 0.3) is 0 Å². The topological polar surface area (TPSA) is 88.7 Å². The van der Waals surface area contributed by atoms with Crippen LogP contribution in [0.4, 0.5) is 5.82 Å². The largest absolute Gasteiger partial charge is 0.497 e. The summed E-state index contributed by atoms with van der Waals surface area (Å²) in [7, 11) is 1.63. The minimum atomic E-state index is -0.524. The van der Waals surface area contributed by atoms with Gasteiger partial charge in [-0.05, 0) is 22.6 Å². The summed E-state index contributed by atoms with van der Waals surface area (Å²) in [5.41, 5.74) is 1.04. The molecule has 1 aliphatic heterocycles. The van der Waals surface area contributed by atoms with Crippen molar-refractivity contribution in [3.8, 4) is 11.8 Å². The Morgan fingerprint density at radius 3 is 2.91 bits per heavy atom. The first-order valence-electron chi connectivity index (χ1n) is 7.24. The Balaban J connectivity index is 1.50. The maximum Gasteiger partial charge on any atom is 0.414 e. The third-order valence-electron chi connectivity index (χ3n) is 3.61. The fourth-order valence-electron chi connectivity index (χ4n) is 2.37. The Morgan fingerprint density at radius 2 is 2.22 bits per heavy atom. The quantitative estimate of drug-likeness (QED) is 0.599. The van der Waals surface area contributed by atoms with Crippen molar-refractivity contribution in [3.05, 3.63) is 46.1 Å². The SMILES string of the molecule is COc1ccc(COCC2CCn3cc([N+](=O)[O-])nc3O2)cc1. The number of nitrogens with zero attached hydrogens (tertiary/aromatic N) is 3. The maximum absolute atomic E-state index is 10.7. The average Bonchev–Trinajstić information content (AvgIpc) is 2.99. The maximum atomic E-state index is 10.7. The summed E-state index contributed by atoms with van der Waals surface area (Å²) in [6.07, 6.45) is 1.97. The second-order valence-electron chi connectivity index (χ2n) is 5.22. The lowest BCUT2D eigenvalue weighted by Gasteiger charge is -2.21. The van der Waals surface area contributed by atoms with E-state index in [4.69, 9.17) is 14.2 Å². The molecule has 0 amide bonds. The molecule has 1 atom stereocenters. The fraction of sp³-hybridized carbons (Fsp3) is 0.400. The second kappa shape index (κ2) is 6.66. The molecule has 8 nitrogen and oxygen atoms in total. The number of rotatable bonds is 6. The van der Waals surface area contributed by atoms with Crippen LogP contribution < -0.4 is 9.47 Å². The monoisotopic (exact) mass is 319 g/mol. The highest BCUT2D eigenvalue weighted by atomic mass is 16.6. The number of benzene rings is 1. The van der Waals surface area contributed by atoms with Crippen LogP contribution in [-0.2, 0) is 17.9 Å². The van der Waals surface area contributed by atoms with Crippen molar-refractivity contribution in [2.75, 3.05) is 13.7 Å². The number of imidazole rings is 1. The van der Waals surface area contributed by atoms with Crippen LogP contribution in [0.2, 0.25) is 0 Å². The lowest BCUT2D eigenvalue weighted by Crippen LogP contribution is -2.30. The summed E-state index contributed by atoms with van der Waals surface area (Å²) in [4.78, 5) is 14.0. The Kier molecular flexibility index (Phi) is 4.42. The summed E-state index contributed by atoms with van der Waals surface area (Å²) in [6, 6.07) is 7.92. The molecule has 23 heavy (non-hydrogen) atoms. The second-order valence-corrected chi connectivity index (χ2v) is 5.22. The van der Waals surface area contributed by atoms with Gasteiger partial charge in [-0.2, -0.15) is 0 Å². The van der Waals surface area contributed by atoms with Crippen molar-refractivity contribution in [3.63, 3.8) is 0 Å². The van der Waals surface area contributed by atoms with Crippen LogP contribution in [0.5, 0.6) is 11.8 Å². The molecule has 1 aromatic carbocycles. The molecule has 1 aromatic heterocycles.